The summed E-state index contributed by atoms with van der Waals surface area (Å²) >= 11 is 0.0120. The second-order valence-electron chi connectivity index (χ2n) is 3.95. The first kappa shape index (κ1) is 12.5. The molecule has 88 valence electrons. The minimum atomic E-state index is 0.00600. The Kier molecular flexibility index (Phi) is 4.24. The molecule has 0 bridgehead atoms. The molecule has 0 amide bonds. The van der Waals surface area contributed by atoms with Crippen molar-refractivity contribution in [2.45, 2.75) is 0 Å². The van der Waals surface area contributed by atoms with E-state index in [2.05, 4.69) is 72.8 Å². The quantitative estimate of drug-likeness (QED) is 0.510. The Morgan fingerprint density at radius 3 is 1.33 bits per heavy atom. The number of hydrogen-bond acceptors (Lipinski definition) is 0. The topological polar surface area (TPSA) is 0 Å². The van der Waals surface area contributed by atoms with Crippen LogP contribution in [0.1, 0.15) is 11.1 Å². The van der Waals surface area contributed by atoms with Gasteiger partial charge in [-0.1, -0.05) is 0 Å². The van der Waals surface area contributed by atoms with Crippen LogP contribution in [0.25, 0.3) is 12.2 Å². The molecule has 0 fully saturated rings. The third-order valence-corrected chi connectivity index (χ3v) is 12.6. The molecule has 0 saturated heterocycles. The van der Waals surface area contributed by atoms with Gasteiger partial charge >= 0.3 is 127 Å². The van der Waals surface area contributed by atoms with Crippen molar-refractivity contribution in [3.05, 3.63) is 74.3 Å². The van der Waals surface area contributed by atoms with Gasteiger partial charge in [-0.05, 0) is 0 Å². The first-order valence-electron chi connectivity index (χ1n) is 5.79. The Morgan fingerprint density at radius 2 is 0.944 bits per heavy atom. The van der Waals surface area contributed by atoms with E-state index in [1.165, 1.54) is 11.1 Å². The summed E-state index contributed by atoms with van der Waals surface area (Å²) in [6.45, 7) is 0. The summed E-state index contributed by atoms with van der Waals surface area (Å²) in [6, 6.07) is 21.4. The van der Waals surface area contributed by atoms with Crippen LogP contribution in [0.4, 0.5) is 0 Å². The van der Waals surface area contributed by atoms with E-state index < -0.39 is 0 Å². The molecule has 2 aromatic carbocycles. The van der Waals surface area contributed by atoms with E-state index in [0.29, 0.717) is 0 Å². The van der Waals surface area contributed by atoms with Crippen molar-refractivity contribution in [1.82, 2.24) is 0 Å². The molecule has 0 aliphatic carbocycles. The van der Waals surface area contributed by atoms with Gasteiger partial charge in [0.1, 0.15) is 0 Å². The van der Waals surface area contributed by atoms with Crippen LogP contribution in [0.3, 0.4) is 0 Å². The molecule has 0 atom stereocenters. The van der Waals surface area contributed by atoms with Crippen molar-refractivity contribution < 1.29 is 0 Å². The SMILES string of the molecule is C(c1ccccc1)=c1[te]c(=Cc2ccccc2)[te]1. The molecule has 2 heteroatoms. The number of hydrogen-bond donors (Lipinski definition) is 0. The molecule has 0 aliphatic rings. The first-order valence-corrected chi connectivity index (χ1v) is 10.5. The molecule has 0 N–H and O–H groups in total. The van der Waals surface area contributed by atoms with Crippen LogP contribution in [0, 0.1) is 0 Å². The van der Waals surface area contributed by atoms with Gasteiger partial charge in [0.05, 0.1) is 0 Å². The normalized spacial score (nSPS) is 10.2. The summed E-state index contributed by atoms with van der Waals surface area (Å²) < 4.78 is 3.58. The standard InChI is InChI=1S/C16H12Te2/c1-3-7-13(8-4-1)11-15-17-16(18-15)12-14-9-5-2-6-10-14/h1-12H. The van der Waals surface area contributed by atoms with Crippen LogP contribution in [-0.4, -0.2) is 40.9 Å². The zero-order valence-corrected chi connectivity index (χ0v) is 14.4. The predicted octanol–water partition coefficient (Wildman–Crippen LogP) is 1.46. The maximum atomic E-state index is 2.42. The van der Waals surface area contributed by atoms with Crippen LogP contribution in [0.5, 0.6) is 0 Å². The molecule has 3 aromatic rings. The summed E-state index contributed by atoms with van der Waals surface area (Å²) in [5, 5.41) is 0. The zero-order chi connectivity index (χ0) is 12.2. The third-order valence-electron chi connectivity index (χ3n) is 2.57. The molecule has 18 heavy (non-hydrogen) atoms. The van der Waals surface area contributed by atoms with Gasteiger partial charge in [0.2, 0.25) is 0 Å². The summed E-state index contributed by atoms with van der Waals surface area (Å²) in [5.74, 6) is 0. The van der Waals surface area contributed by atoms with E-state index in [4.69, 9.17) is 0 Å². The molecule has 0 unspecified atom stereocenters. The summed E-state index contributed by atoms with van der Waals surface area (Å²) in [4.78, 5) is 0. The van der Waals surface area contributed by atoms with Crippen molar-refractivity contribution in [2.75, 3.05) is 0 Å². The molecule has 0 saturated carbocycles. The van der Waals surface area contributed by atoms with Crippen molar-refractivity contribution in [2.24, 2.45) is 0 Å². The van der Waals surface area contributed by atoms with E-state index in [0.717, 1.165) is 0 Å². The van der Waals surface area contributed by atoms with E-state index in [9.17, 15) is 0 Å². The van der Waals surface area contributed by atoms with Crippen molar-refractivity contribution in [3.63, 3.8) is 0 Å². The predicted molar refractivity (Wildman–Crippen MR) is 79.6 cm³/mol. The van der Waals surface area contributed by atoms with Gasteiger partial charge in [-0.15, -0.1) is 0 Å². The van der Waals surface area contributed by atoms with Gasteiger partial charge in [-0.2, -0.15) is 0 Å². The van der Waals surface area contributed by atoms with E-state index in [1.54, 1.807) is 2.50 Å². The summed E-state index contributed by atoms with van der Waals surface area (Å²) in [5.41, 5.74) is 2.75. The van der Waals surface area contributed by atoms with Gasteiger partial charge in [-0.3, -0.25) is 0 Å². The monoisotopic (exact) mass is 464 g/mol. The molecular weight excluding hydrogens is 447 g/mol. The minimum absolute atomic E-state index is 0.00600. The molecule has 1 heterocycles. The van der Waals surface area contributed by atoms with Crippen LogP contribution in [0.2, 0.25) is 0 Å². The fraction of sp³-hybridized carbons (Fsp3) is 0. The van der Waals surface area contributed by atoms with Gasteiger partial charge in [0, 0.05) is 0 Å². The fourth-order valence-electron chi connectivity index (χ4n) is 1.69. The summed E-state index contributed by atoms with van der Waals surface area (Å²) in [6.07, 6.45) is 4.85. The average Bonchev–Trinajstić information content (AvgIpc) is 2.39. The second kappa shape index (κ2) is 6.10. The molecule has 0 nitrogen and oxygen atoms in total. The van der Waals surface area contributed by atoms with Crippen LogP contribution in [-0.2, 0) is 0 Å². The van der Waals surface area contributed by atoms with Crippen molar-refractivity contribution >= 4 is 53.0 Å². The van der Waals surface area contributed by atoms with Crippen LogP contribution < -0.4 is 2.50 Å². The third kappa shape index (κ3) is 3.28. The van der Waals surface area contributed by atoms with Crippen LogP contribution >= 0.6 is 0 Å². The number of rotatable bonds is 2. The van der Waals surface area contributed by atoms with Gasteiger partial charge in [-0.25, -0.2) is 0 Å². The fourth-order valence-corrected chi connectivity index (χ4v) is 10.4. The summed E-state index contributed by atoms with van der Waals surface area (Å²) in [7, 11) is 0. The van der Waals surface area contributed by atoms with E-state index in [1.807, 2.05) is 0 Å². The zero-order valence-electron chi connectivity index (χ0n) is 9.74. The Labute approximate surface area is 126 Å². The Balaban J connectivity index is 1.87. The van der Waals surface area contributed by atoms with Gasteiger partial charge in [0.25, 0.3) is 0 Å². The van der Waals surface area contributed by atoms with Crippen molar-refractivity contribution in [3.8, 4) is 0 Å². The van der Waals surface area contributed by atoms with Gasteiger partial charge in [0.15, 0.2) is 0 Å². The van der Waals surface area contributed by atoms with Gasteiger partial charge < -0.3 is 0 Å². The molecule has 0 radical (unpaired) electrons. The van der Waals surface area contributed by atoms with Crippen LogP contribution in [0.15, 0.2) is 60.7 Å². The van der Waals surface area contributed by atoms with Crippen molar-refractivity contribution in [1.29, 1.82) is 0 Å². The Morgan fingerprint density at radius 1 is 0.556 bits per heavy atom. The molecule has 0 aliphatic heterocycles. The Hall–Kier alpha value is -0.501. The van der Waals surface area contributed by atoms with E-state index >= 15 is 0 Å². The molecule has 1 aromatic heterocycles. The average molecular weight is 459 g/mol. The molecular formula is C16H12Te2. The second-order valence-corrected chi connectivity index (χ2v) is 15.1. The Bertz CT molecular complexity index is 639. The molecule has 3 rings (SSSR count). The van der Waals surface area contributed by atoms with E-state index in [-0.39, 0.29) is 40.9 Å². The molecule has 0 spiro atoms. The maximum absolute atomic E-state index is 2.42. The number of benzene rings is 2. The first-order chi connectivity index (χ1) is 8.90.